The van der Waals surface area contributed by atoms with Crippen LogP contribution in [-0.2, 0) is 16.0 Å². The molecule has 1 N–H and O–H groups in total. The number of benzene rings is 1. The third kappa shape index (κ3) is 5.21. The minimum absolute atomic E-state index is 0.0229. The Labute approximate surface area is 126 Å². The summed E-state index contributed by atoms with van der Waals surface area (Å²) in [5, 5.41) is 2.73. The van der Waals surface area contributed by atoms with Gasteiger partial charge in [0.1, 0.15) is 6.04 Å². The topological polar surface area (TPSA) is 55.4 Å². The maximum absolute atomic E-state index is 12.2. The number of aryl methyl sites for hydroxylation is 1. The number of carbonyl (C=O) groups is 2. The highest BCUT2D eigenvalue weighted by atomic mass is 16.5. The zero-order valence-corrected chi connectivity index (χ0v) is 13.3. The molecule has 1 aromatic carbocycles. The van der Waals surface area contributed by atoms with E-state index in [1.54, 1.807) is 12.1 Å². The van der Waals surface area contributed by atoms with Gasteiger partial charge in [-0.1, -0.05) is 39.3 Å². The van der Waals surface area contributed by atoms with Gasteiger partial charge in [-0.3, -0.25) is 4.79 Å². The molecule has 0 radical (unpaired) electrons. The molecule has 0 aliphatic rings. The third-order valence-electron chi connectivity index (χ3n) is 3.44. The molecule has 21 heavy (non-hydrogen) atoms. The molecule has 0 spiro atoms. The van der Waals surface area contributed by atoms with Crippen LogP contribution in [0.15, 0.2) is 24.3 Å². The first-order valence-electron chi connectivity index (χ1n) is 7.47. The van der Waals surface area contributed by atoms with Gasteiger partial charge in [0.15, 0.2) is 0 Å². The Morgan fingerprint density at radius 3 is 2.29 bits per heavy atom. The molecule has 0 bridgehead atoms. The minimum atomic E-state index is -0.623. The molecular weight excluding hydrogens is 266 g/mol. The quantitative estimate of drug-likeness (QED) is 0.786. The fourth-order valence-corrected chi connectivity index (χ4v) is 2.05. The van der Waals surface area contributed by atoms with E-state index in [1.165, 1.54) is 12.7 Å². The van der Waals surface area contributed by atoms with Gasteiger partial charge in [-0.05, 0) is 36.5 Å². The number of rotatable bonds is 7. The smallest absolute Gasteiger partial charge is 0.328 e. The van der Waals surface area contributed by atoms with Crippen molar-refractivity contribution in [1.82, 2.24) is 5.32 Å². The predicted molar refractivity (Wildman–Crippen MR) is 83.2 cm³/mol. The van der Waals surface area contributed by atoms with Gasteiger partial charge in [-0.2, -0.15) is 0 Å². The maximum atomic E-state index is 12.2. The molecule has 1 aromatic rings. The Kier molecular flexibility index (Phi) is 6.92. The highest BCUT2D eigenvalue weighted by Gasteiger charge is 2.25. The van der Waals surface area contributed by atoms with E-state index in [0.29, 0.717) is 5.56 Å². The summed E-state index contributed by atoms with van der Waals surface area (Å²) in [5.74, 6) is -0.690. The first-order valence-corrected chi connectivity index (χ1v) is 7.47. The summed E-state index contributed by atoms with van der Waals surface area (Å²) in [7, 11) is 1.33. The number of amides is 1. The fourth-order valence-electron chi connectivity index (χ4n) is 2.05. The summed E-state index contributed by atoms with van der Waals surface area (Å²) >= 11 is 0. The first kappa shape index (κ1) is 17.2. The Balaban J connectivity index is 2.71. The fraction of sp³-hybridized carbons (Fsp3) is 0.529. The molecule has 0 heterocycles. The number of esters is 1. The molecule has 1 amide bonds. The summed E-state index contributed by atoms with van der Waals surface area (Å²) < 4.78 is 4.72. The van der Waals surface area contributed by atoms with Crippen LogP contribution in [0, 0.1) is 5.92 Å². The Hall–Kier alpha value is -1.84. The summed E-state index contributed by atoms with van der Waals surface area (Å²) in [5.41, 5.74) is 1.78. The highest BCUT2D eigenvalue weighted by molar-refractivity contribution is 5.96. The molecule has 0 aliphatic heterocycles. The maximum Gasteiger partial charge on any atom is 0.328 e. The molecule has 0 aliphatic carbocycles. The van der Waals surface area contributed by atoms with Crippen LogP contribution in [0.25, 0.3) is 0 Å². The normalized spacial score (nSPS) is 12.0. The number of hydrogen-bond donors (Lipinski definition) is 1. The van der Waals surface area contributed by atoms with Crippen molar-refractivity contribution in [2.24, 2.45) is 5.92 Å². The predicted octanol–water partition coefficient (Wildman–Crippen LogP) is 2.96. The third-order valence-corrected chi connectivity index (χ3v) is 3.44. The summed E-state index contributed by atoms with van der Waals surface area (Å²) in [6.45, 7) is 5.89. The summed E-state index contributed by atoms with van der Waals surface area (Å²) in [6, 6.07) is 6.91. The molecule has 116 valence electrons. The second-order valence-corrected chi connectivity index (χ2v) is 5.52. The van der Waals surface area contributed by atoms with Gasteiger partial charge in [0, 0.05) is 5.56 Å². The number of nitrogens with one attached hydrogen (secondary N) is 1. The number of methoxy groups -OCH3 is 1. The largest absolute Gasteiger partial charge is 0.467 e. The Morgan fingerprint density at radius 2 is 1.81 bits per heavy atom. The van der Waals surface area contributed by atoms with Gasteiger partial charge < -0.3 is 10.1 Å². The molecule has 0 unspecified atom stereocenters. The van der Waals surface area contributed by atoms with Gasteiger partial charge in [-0.15, -0.1) is 0 Å². The van der Waals surface area contributed by atoms with Crippen LogP contribution >= 0.6 is 0 Å². The zero-order valence-electron chi connectivity index (χ0n) is 13.3. The van der Waals surface area contributed by atoms with Crippen molar-refractivity contribution < 1.29 is 14.3 Å². The van der Waals surface area contributed by atoms with Crippen molar-refractivity contribution in [3.05, 3.63) is 35.4 Å². The van der Waals surface area contributed by atoms with Crippen LogP contribution in [0.3, 0.4) is 0 Å². The first-order chi connectivity index (χ1) is 9.99. The van der Waals surface area contributed by atoms with Crippen molar-refractivity contribution in [2.75, 3.05) is 7.11 Å². The molecule has 0 saturated carbocycles. The van der Waals surface area contributed by atoms with Crippen molar-refractivity contribution in [3.63, 3.8) is 0 Å². The van der Waals surface area contributed by atoms with E-state index in [1.807, 2.05) is 26.0 Å². The van der Waals surface area contributed by atoms with Crippen LogP contribution < -0.4 is 5.32 Å². The lowest BCUT2D eigenvalue weighted by molar-refractivity contribution is -0.144. The summed E-state index contributed by atoms with van der Waals surface area (Å²) in [4.78, 5) is 23.8. The minimum Gasteiger partial charge on any atom is -0.467 e. The molecule has 1 atom stereocenters. The van der Waals surface area contributed by atoms with E-state index in [4.69, 9.17) is 4.74 Å². The molecule has 0 aromatic heterocycles. The lowest BCUT2D eigenvalue weighted by Gasteiger charge is -2.19. The molecule has 0 saturated heterocycles. The number of unbranched alkanes of at least 4 members (excludes halogenated alkanes) is 1. The van der Waals surface area contributed by atoms with Gasteiger partial charge >= 0.3 is 5.97 Å². The zero-order chi connectivity index (χ0) is 15.8. The van der Waals surface area contributed by atoms with Crippen LogP contribution in [0.4, 0.5) is 0 Å². The van der Waals surface area contributed by atoms with E-state index < -0.39 is 12.0 Å². The lowest BCUT2D eigenvalue weighted by Crippen LogP contribution is -2.45. The standard InChI is InChI=1S/C17H25NO3/c1-5-6-7-13-8-10-14(11-9-13)16(19)18-15(12(2)3)17(20)21-4/h8-12,15H,5-7H2,1-4H3,(H,18,19)/t15-/m0/s1. The molecule has 4 heteroatoms. The number of ether oxygens (including phenoxy) is 1. The van der Waals surface area contributed by atoms with Crippen molar-refractivity contribution in [3.8, 4) is 0 Å². The van der Waals surface area contributed by atoms with Gasteiger partial charge in [0.2, 0.25) is 0 Å². The van der Waals surface area contributed by atoms with Crippen molar-refractivity contribution in [1.29, 1.82) is 0 Å². The Morgan fingerprint density at radius 1 is 1.19 bits per heavy atom. The van der Waals surface area contributed by atoms with Crippen LogP contribution in [0.2, 0.25) is 0 Å². The van der Waals surface area contributed by atoms with E-state index in [2.05, 4.69) is 12.2 Å². The van der Waals surface area contributed by atoms with Gasteiger partial charge in [0.25, 0.3) is 5.91 Å². The second-order valence-electron chi connectivity index (χ2n) is 5.52. The Bertz CT molecular complexity index is 465. The van der Waals surface area contributed by atoms with E-state index in [-0.39, 0.29) is 11.8 Å². The van der Waals surface area contributed by atoms with Crippen molar-refractivity contribution >= 4 is 11.9 Å². The molecule has 0 fully saturated rings. The second kappa shape index (κ2) is 8.45. The van der Waals surface area contributed by atoms with Gasteiger partial charge in [-0.25, -0.2) is 4.79 Å². The van der Waals surface area contributed by atoms with E-state index >= 15 is 0 Å². The monoisotopic (exact) mass is 291 g/mol. The average molecular weight is 291 g/mol. The highest BCUT2D eigenvalue weighted by Crippen LogP contribution is 2.10. The van der Waals surface area contributed by atoms with Crippen LogP contribution in [0.5, 0.6) is 0 Å². The molecular formula is C17H25NO3. The molecule has 1 rings (SSSR count). The van der Waals surface area contributed by atoms with Crippen molar-refractivity contribution in [2.45, 2.75) is 46.1 Å². The number of carbonyl (C=O) groups excluding carboxylic acids is 2. The van der Waals surface area contributed by atoms with E-state index in [0.717, 1.165) is 19.3 Å². The van der Waals surface area contributed by atoms with Crippen LogP contribution in [0.1, 0.15) is 49.5 Å². The van der Waals surface area contributed by atoms with Crippen LogP contribution in [-0.4, -0.2) is 25.0 Å². The SMILES string of the molecule is CCCCc1ccc(C(=O)N[C@H](C(=O)OC)C(C)C)cc1. The number of hydrogen-bond acceptors (Lipinski definition) is 3. The lowest BCUT2D eigenvalue weighted by atomic mass is 10.0. The van der Waals surface area contributed by atoms with E-state index in [9.17, 15) is 9.59 Å². The summed E-state index contributed by atoms with van der Waals surface area (Å²) in [6.07, 6.45) is 3.32. The average Bonchev–Trinajstić information content (AvgIpc) is 2.49. The molecule has 4 nitrogen and oxygen atoms in total. The van der Waals surface area contributed by atoms with Gasteiger partial charge in [0.05, 0.1) is 7.11 Å².